The first-order valence-corrected chi connectivity index (χ1v) is 10.9. The first kappa shape index (κ1) is 21.1. The Hall–Kier alpha value is -3.74. The fourth-order valence-corrected chi connectivity index (χ4v) is 3.80. The average molecular weight is 437 g/mol. The highest BCUT2D eigenvalue weighted by Crippen LogP contribution is 2.28. The molecule has 0 radical (unpaired) electrons. The SMILES string of the molecule is CCc1cccc(-c2ccc3ccc4ccc(-c5cccc(COCOC)n5)nc4c3n2)n1. The van der Waals surface area contributed by atoms with Crippen molar-refractivity contribution in [2.24, 2.45) is 0 Å². The van der Waals surface area contributed by atoms with Gasteiger partial charge in [0.2, 0.25) is 0 Å². The van der Waals surface area contributed by atoms with Crippen LogP contribution in [-0.4, -0.2) is 33.8 Å². The Labute approximate surface area is 192 Å². The molecule has 0 unspecified atom stereocenters. The molecule has 1 aromatic carbocycles. The summed E-state index contributed by atoms with van der Waals surface area (Å²) in [5.74, 6) is 0. The lowest BCUT2D eigenvalue weighted by atomic mass is 10.1. The molecule has 0 bridgehead atoms. The number of benzene rings is 1. The van der Waals surface area contributed by atoms with Gasteiger partial charge in [-0.3, -0.25) is 4.98 Å². The number of methoxy groups -OCH3 is 1. The third-order valence-electron chi connectivity index (χ3n) is 5.47. The van der Waals surface area contributed by atoms with Crippen LogP contribution in [0.1, 0.15) is 18.3 Å². The maximum atomic E-state index is 5.44. The van der Waals surface area contributed by atoms with Crippen molar-refractivity contribution < 1.29 is 9.47 Å². The van der Waals surface area contributed by atoms with E-state index in [0.29, 0.717) is 6.61 Å². The molecule has 6 nitrogen and oxygen atoms in total. The van der Waals surface area contributed by atoms with Crippen LogP contribution < -0.4 is 0 Å². The second-order valence-electron chi connectivity index (χ2n) is 7.74. The Morgan fingerprint density at radius 2 is 1.12 bits per heavy atom. The van der Waals surface area contributed by atoms with Gasteiger partial charge in [0, 0.05) is 23.6 Å². The molecule has 6 heteroatoms. The van der Waals surface area contributed by atoms with Crippen LogP contribution in [0.2, 0.25) is 0 Å². The van der Waals surface area contributed by atoms with E-state index in [9.17, 15) is 0 Å². The lowest BCUT2D eigenvalue weighted by molar-refractivity contribution is -0.0400. The average Bonchev–Trinajstić information content (AvgIpc) is 2.88. The molecular weight excluding hydrogens is 412 g/mol. The Balaban J connectivity index is 1.59. The topological polar surface area (TPSA) is 70.0 Å². The molecule has 0 atom stereocenters. The first-order chi connectivity index (χ1) is 16.2. The second-order valence-corrected chi connectivity index (χ2v) is 7.74. The Morgan fingerprint density at radius 3 is 1.70 bits per heavy atom. The fourth-order valence-electron chi connectivity index (χ4n) is 3.80. The molecule has 0 N–H and O–H groups in total. The number of ether oxygens (including phenoxy) is 2. The van der Waals surface area contributed by atoms with Crippen LogP contribution in [0.4, 0.5) is 0 Å². The summed E-state index contributed by atoms with van der Waals surface area (Å²) in [6.07, 6.45) is 0.887. The summed E-state index contributed by atoms with van der Waals surface area (Å²) >= 11 is 0. The summed E-state index contributed by atoms with van der Waals surface area (Å²) in [4.78, 5) is 19.4. The minimum absolute atomic E-state index is 0.232. The molecule has 4 heterocycles. The maximum absolute atomic E-state index is 5.44. The van der Waals surface area contributed by atoms with E-state index >= 15 is 0 Å². The summed E-state index contributed by atoms with van der Waals surface area (Å²) in [6, 6.07) is 24.2. The lowest BCUT2D eigenvalue weighted by Crippen LogP contribution is -2.00. The van der Waals surface area contributed by atoms with Gasteiger partial charge in [-0.1, -0.05) is 43.3 Å². The summed E-state index contributed by atoms with van der Waals surface area (Å²) in [7, 11) is 1.60. The Kier molecular flexibility index (Phi) is 6.02. The van der Waals surface area contributed by atoms with Gasteiger partial charge in [0.05, 0.1) is 46.1 Å². The largest absolute Gasteiger partial charge is 0.359 e. The molecule has 4 aromatic heterocycles. The highest BCUT2D eigenvalue weighted by Gasteiger charge is 2.10. The van der Waals surface area contributed by atoms with Gasteiger partial charge in [-0.05, 0) is 42.8 Å². The maximum Gasteiger partial charge on any atom is 0.146 e. The highest BCUT2D eigenvalue weighted by atomic mass is 16.7. The lowest BCUT2D eigenvalue weighted by Gasteiger charge is -2.09. The number of nitrogens with zero attached hydrogens (tertiary/aromatic N) is 4. The number of rotatable bonds is 7. The number of aryl methyl sites for hydroxylation is 1. The van der Waals surface area contributed by atoms with Crippen molar-refractivity contribution in [3.8, 4) is 22.8 Å². The fraction of sp³-hybridized carbons (Fsp3) is 0.185. The van der Waals surface area contributed by atoms with Crippen LogP contribution in [0.15, 0.2) is 72.8 Å². The zero-order chi connectivity index (χ0) is 22.6. The Morgan fingerprint density at radius 1 is 0.606 bits per heavy atom. The number of pyridine rings is 4. The molecule has 0 fully saturated rings. The van der Waals surface area contributed by atoms with Gasteiger partial charge in [-0.2, -0.15) is 0 Å². The van der Waals surface area contributed by atoms with Crippen molar-refractivity contribution in [2.45, 2.75) is 20.0 Å². The minimum atomic E-state index is 0.232. The van der Waals surface area contributed by atoms with Crippen LogP contribution in [-0.2, 0) is 22.5 Å². The molecule has 164 valence electrons. The normalized spacial score (nSPS) is 11.3. The third-order valence-corrected chi connectivity index (χ3v) is 5.47. The zero-order valence-corrected chi connectivity index (χ0v) is 18.7. The van der Waals surface area contributed by atoms with Gasteiger partial charge in [-0.15, -0.1) is 0 Å². The molecule has 0 aliphatic carbocycles. The summed E-state index contributed by atoms with van der Waals surface area (Å²) in [5.41, 5.74) is 6.88. The predicted octanol–water partition coefficient (Wildman–Crippen LogP) is 5.59. The van der Waals surface area contributed by atoms with Gasteiger partial charge in [0.1, 0.15) is 6.79 Å². The third kappa shape index (κ3) is 4.44. The van der Waals surface area contributed by atoms with Gasteiger partial charge in [-0.25, -0.2) is 15.0 Å². The van der Waals surface area contributed by atoms with Gasteiger partial charge < -0.3 is 9.47 Å². The quantitative estimate of drug-likeness (QED) is 0.188. The van der Waals surface area contributed by atoms with Gasteiger partial charge >= 0.3 is 0 Å². The van der Waals surface area contributed by atoms with E-state index in [0.717, 1.165) is 62.4 Å². The molecule has 0 aliphatic rings. The van der Waals surface area contributed by atoms with E-state index in [-0.39, 0.29) is 6.79 Å². The predicted molar refractivity (Wildman–Crippen MR) is 130 cm³/mol. The van der Waals surface area contributed by atoms with Gasteiger partial charge in [0.25, 0.3) is 0 Å². The number of hydrogen-bond acceptors (Lipinski definition) is 6. The minimum Gasteiger partial charge on any atom is -0.359 e. The summed E-state index contributed by atoms with van der Waals surface area (Å²) in [6.45, 7) is 2.72. The van der Waals surface area contributed by atoms with Crippen molar-refractivity contribution in [2.75, 3.05) is 13.9 Å². The van der Waals surface area contributed by atoms with E-state index in [4.69, 9.17) is 29.4 Å². The van der Waals surface area contributed by atoms with E-state index in [1.165, 1.54) is 0 Å². The Bertz CT molecular complexity index is 1430. The number of fused-ring (bicyclic) bond motifs is 3. The summed E-state index contributed by atoms with van der Waals surface area (Å²) in [5, 5.41) is 2.07. The molecule has 5 rings (SSSR count). The number of aromatic nitrogens is 4. The molecule has 33 heavy (non-hydrogen) atoms. The molecule has 0 amide bonds. The van der Waals surface area contributed by atoms with Crippen molar-refractivity contribution in [1.29, 1.82) is 0 Å². The van der Waals surface area contributed by atoms with Crippen molar-refractivity contribution >= 4 is 21.8 Å². The first-order valence-electron chi connectivity index (χ1n) is 10.9. The van der Waals surface area contributed by atoms with Crippen LogP contribution >= 0.6 is 0 Å². The van der Waals surface area contributed by atoms with Gasteiger partial charge in [0.15, 0.2) is 0 Å². The van der Waals surface area contributed by atoms with Crippen molar-refractivity contribution in [1.82, 2.24) is 19.9 Å². The molecular formula is C27H24N4O2. The molecule has 0 aliphatic heterocycles. The highest BCUT2D eigenvalue weighted by molar-refractivity contribution is 6.04. The molecule has 0 saturated heterocycles. The van der Waals surface area contributed by atoms with Crippen LogP contribution in [0.3, 0.4) is 0 Å². The van der Waals surface area contributed by atoms with E-state index in [2.05, 4.69) is 31.2 Å². The van der Waals surface area contributed by atoms with E-state index in [1.807, 2.05) is 48.5 Å². The van der Waals surface area contributed by atoms with E-state index in [1.54, 1.807) is 7.11 Å². The number of hydrogen-bond donors (Lipinski definition) is 0. The summed E-state index contributed by atoms with van der Waals surface area (Å²) < 4.78 is 10.4. The zero-order valence-electron chi connectivity index (χ0n) is 18.7. The molecule has 0 saturated carbocycles. The van der Waals surface area contributed by atoms with Crippen LogP contribution in [0, 0.1) is 0 Å². The second kappa shape index (κ2) is 9.40. The molecule has 0 spiro atoms. The van der Waals surface area contributed by atoms with Crippen molar-refractivity contribution in [3.63, 3.8) is 0 Å². The monoisotopic (exact) mass is 436 g/mol. The molecule has 5 aromatic rings. The van der Waals surface area contributed by atoms with E-state index < -0.39 is 0 Å². The van der Waals surface area contributed by atoms with Crippen LogP contribution in [0.5, 0.6) is 0 Å². The van der Waals surface area contributed by atoms with Crippen LogP contribution in [0.25, 0.3) is 44.6 Å². The van der Waals surface area contributed by atoms with Crippen molar-refractivity contribution in [3.05, 3.63) is 84.2 Å². The smallest absolute Gasteiger partial charge is 0.146 e. The standard InChI is InChI=1S/C27H24N4O2/c1-3-20-6-4-8-22(28-20)24-14-12-18-10-11-19-13-15-25(31-27(19)26(18)30-24)23-9-5-7-21(29-23)16-33-17-32-2/h4-15H,3,16-17H2,1-2H3.